The Bertz CT molecular complexity index is 336. The maximum absolute atomic E-state index is 12.4. The number of urea groups is 1. The summed E-state index contributed by atoms with van der Waals surface area (Å²) in [5.41, 5.74) is -1.78. The second-order valence-corrected chi connectivity index (χ2v) is 4.17. The molecule has 0 fully saturated rings. The van der Waals surface area contributed by atoms with Crippen LogP contribution in [0.3, 0.4) is 0 Å². The van der Waals surface area contributed by atoms with Crippen molar-refractivity contribution >= 4 is 12.0 Å². The van der Waals surface area contributed by atoms with Gasteiger partial charge in [-0.1, -0.05) is 0 Å². The van der Waals surface area contributed by atoms with Crippen LogP contribution in [0, 0.1) is 0 Å². The minimum absolute atomic E-state index is 0.536. The fourth-order valence-electron chi connectivity index (χ4n) is 0.997. The van der Waals surface area contributed by atoms with E-state index in [0.717, 1.165) is 6.92 Å². The summed E-state index contributed by atoms with van der Waals surface area (Å²) in [4.78, 5) is 21.3. The monoisotopic (exact) mass is 290 g/mol. The van der Waals surface area contributed by atoms with Crippen LogP contribution >= 0.6 is 0 Å². The standard InChI is InChI=1S/C9H14F4N2O4/c1-8(19,2-5(16)17)3-14-7(18)15-4-9(12,13)6(10)11/h6,19H,2-4H2,1H3,(H,16,17)(H2,14,15,18). The van der Waals surface area contributed by atoms with Gasteiger partial charge in [0.1, 0.15) is 0 Å². The molecular weight excluding hydrogens is 276 g/mol. The molecule has 112 valence electrons. The van der Waals surface area contributed by atoms with E-state index in [-0.39, 0.29) is 0 Å². The first kappa shape index (κ1) is 17.4. The first-order chi connectivity index (χ1) is 8.46. The SMILES string of the molecule is CC(O)(CNC(=O)NCC(F)(F)C(F)F)CC(=O)O. The van der Waals surface area contributed by atoms with Gasteiger partial charge in [-0.3, -0.25) is 4.79 Å². The lowest BCUT2D eigenvalue weighted by Gasteiger charge is -2.22. The van der Waals surface area contributed by atoms with Gasteiger partial charge in [0, 0.05) is 6.54 Å². The van der Waals surface area contributed by atoms with Crippen LogP contribution in [0.15, 0.2) is 0 Å². The molecule has 0 radical (unpaired) electrons. The third-order valence-electron chi connectivity index (χ3n) is 1.97. The third-order valence-corrected chi connectivity index (χ3v) is 1.97. The van der Waals surface area contributed by atoms with E-state index < -0.39 is 49.5 Å². The molecule has 0 bridgehead atoms. The summed E-state index contributed by atoms with van der Waals surface area (Å²) in [5.74, 6) is -5.68. The summed E-state index contributed by atoms with van der Waals surface area (Å²) < 4.78 is 48.4. The normalized spacial score (nSPS) is 14.9. The largest absolute Gasteiger partial charge is 0.481 e. The lowest BCUT2D eigenvalue weighted by molar-refractivity contribution is -0.141. The number of aliphatic carboxylic acids is 1. The Hall–Kier alpha value is -1.58. The highest BCUT2D eigenvalue weighted by Crippen LogP contribution is 2.21. The maximum Gasteiger partial charge on any atom is 0.324 e. The number of carbonyl (C=O) groups excluding carboxylic acids is 1. The van der Waals surface area contributed by atoms with Crippen molar-refractivity contribution in [2.75, 3.05) is 13.1 Å². The highest BCUT2D eigenvalue weighted by molar-refractivity contribution is 5.74. The molecule has 0 saturated heterocycles. The molecule has 0 aliphatic rings. The van der Waals surface area contributed by atoms with Gasteiger partial charge in [-0.05, 0) is 6.92 Å². The number of carboxylic acid groups (broad SMARTS) is 1. The number of amides is 2. The van der Waals surface area contributed by atoms with Crippen LogP contribution in [-0.4, -0.2) is 53.3 Å². The van der Waals surface area contributed by atoms with Gasteiger partial charge in [-0.25, -0.2) is 13.6 Å². The number of carbonyl (C=O) groups is 2. The molecule has 19 heavy (non-hydrogen) atoms. The predicted octanol–water partition coefficient (Wildman–Crippen LogP) is 0.412. The van der Waals surface area contributed by atoms with Crippen molar-refractivity contribution in [2.45, 2.75) is 31.3 Å². The van der Waals surface area contributed by atoms with E-state index in [0.29, 0.717) is 0 Å². The lowest BCUT2D eigenvalue weighted by atomic mass is 10.0. The average Bonchev–Trinajstić information content (AvgIpc) is 2.21. The van der Waals surface area contributed by atoms with Crippen LogP contribution in [-0.2, 0) is 4.79 Å². The molecule has 4 N–H and O–H groups in total. The maximum atomic E-state index is 12.4. The Kier molecular flexibility index (Phi) is 6.00. The van der Waals surface area contributed by atoms with Crippen molar-refractivity contribution in [2.24, 2.45) is 0 Å². The third kappa shape index (κ3) is 7.44. The van der Waals surface area contributed by atoms with Gasteiger partial charge in [0.05, 0.1) is 18.6 Å². The molecule has 0 aromatic carbocycles. The van der Waals surface area contributed by atoms with Crippen LogP contribution in [0.25, 0.3) is 0 Å². The van der Waals surface area contributed by atoms with E-state index >= 15 is 0 Å². The number of nitrogens with one attached hydrogen (secondary N) is 2. The predicted molar refractivity (Wildman–Crippen MR) is 55.2 cm³/mol. The average molecular weight is 290 g/mol. The van der Waals surface area contributed by atoms with Crippen LogP contribution in [0.4, 0.5) is 22.4 Å². The van der Waals surface area contributed by atoms with E-state index in [1.54, 1.807) is 0 Å². The summed E-state index contributed by atoms with van der Waals surface area (Å²) >= 11 is 0. The Morgan fingerprint density at radius 3 is 2.11 bits per heavy atom. The zero-order valence-electron chi connectivity index (χ0n) is 9.92. The van der Waals surface area contributed by atoms with Crippen molar-refractivity contribution in [3.63, 3.8) is 0 Å². The van der Waals surface area contributed by atoms with Crippen molar-refractivity contribution in [3.05, 3.63) is 0 Å². The van der Waals surface area contributed by atoms with Gasteiger partial charge in [-0.2, -0.15) is 8.78 Å². The molecule has 0 spiro atoms. The summed E-state index contributed by atoms with van der Waals surface area (Å²) in [7, 11) is 0. The molecule has 1 unspecified atom stereocenters. The lowest BCUT2D eigenvalue weighted by Crippen LogP contribution is -2.49. The number of halogens is 4. The summed E-state index contributed by atoms with van der Waals surface area (Å²) in [6.07, 6.45) is -4.59. The van der Waals surface area contributed by atoms with Crippen molar-refractivity contribution in [1.29, 1.82) is 0 Å². The van der Waals surface area contributed by atoms with Crippen LogP contribution in [0.2, 0.25) is 0 Å². The Morgan fingerprint density at radius 1 is 1.21 bits per heavy atom. The minimum atomic E-state index is -4.36. The molecule has 2 amide bonds. The fraction of sp³-hybridized carbons (Fsp3) is 0.778. The number of rotatable bonds is 7. The van der Waals surface area contributed by atoms with E-state index in [1.165, 1.54) is 5.32 Å². The molecule has 0 aliphatic carbocycles. The fourth-order valence-corrected chi connectivity index (χ4v) is 0.997. The molecule has 1 atom stereocenters. The van der Waals surface area contributed by atoms with Gasteiger partial charge < -0.3 is 20.8 Å². The zero-order valence-corrected chi connectivity index (χ0v) is 9.92. The molecular formula is C9H14F4N2O4. The number of hydrogen-bond donors (Lipinski definition) is 4. The van der Waals surface area contributed by atoms with Crippen LogP contribution < -0.4 is 10.6 Å². The van der Waals surface area contributed by atoms with Crippen molar-refractivity contribution < 1.29 is 37.4 Å². The van der Waals surface area contributed by atoms with E-state index in [2.05, 4.69) is 0 Å². The molecule has 0 aliphatic heterocycles. The topological polar surface area (TPSA) is 98.7 Å². The number of alkyl halides is 4. The second kappa shape index (κ2) is 6.55. The molecule has 0 saturated carbocycles. The van der Waals surface area contributed by atoms with Crippen molar-refractivity contribution in [1.82, 2.24) is 10.6 Å². The van der Waals surface area contributed by atoms with E-state index in [4.69, 9.17) is 5.11 Å². The highest BCUT2D eigenvalue weighted by Gasteiger charge is 2.40. The molecule has 0 rings (SSSR count). The highest BCUT2D eigenvalue weighted by atomic mass is 19.3. The number of carboxylic acids is 1. The summed E-state index contributed by atoms with van der Waals surface area (Å²) in [6, 6.07) is -1.22. The Balaban J connectivity index is 4.10. The summed E-state index contributed by atoms with van der Waals surface area (Å²) in [5, 5.41) is 21.3. The van der Waals surface area contributed by atoms with E-state index in [9.17, 15) is 32.3 Å². The molecule has 0 aromatic rings. The molecule has 0 aromatic heterocycles. The quantitative estimate of drug-likeness (QED) is 0.510. The molecule has 10 heteroatoms. The van der Waals surface area contributed by atoms with E-state index in [1.807, 2.05) is 5.32 Å². The Labute approximate surface area is 105 Å². The van der Waals surface area contributed by atoms with Gasteiger partial charge in [-0.15, -0.1) is 0 Å². The van der Waals surface area contributed by atoms with Gasteiger partial charge in [0.15, 0.2) is 0 Å². The molecule has 0 heterocycles. The van der Waals surface area contributed by atoms with Gasteiger partial charge in [0.2, 0.25) is 0 Å². The first-order valence-corrected chi connectivity index (χ1v) is 5.08. The van der Waals surface area contributed by atoms with Crippen LogP contribution in [0.1, 0.15) is 13.3 Å². The minimum Gasteiger partial charge on any atom is -0.481 e. The van der Waals surface area contributed by atoms with Gasteiger partial charge in [0.25, 0.3) is 0 Å². The Morgan fingerprint density at radius 2 is 1.68 bits per heavy atom. The first-order valence-electron chi connectivity index (χ1n) is 5.08. The van der Waals surface area contributed by atoms with Crippen molar-refractivity contribution in [3.8, 4) is 0 Å². The zero-order chi connectivity index (χ0) is 15.3. The van der Waals surface area contributed by atoms with Crippen LogP contribution in [0.5, 0.6) is 0 Å². The number of aliphatic hydroxyl groups is 1. The molecule has 6 nitrogen and oxygen atoms in total. The second-order valence-electron chi connectivity index (χ2n) is 4.17. The van der Waals surface area contributed by atoms with Gasteiger partial charge >= 0.3 is 24.3 Å². The number of hydrogen-bond acceptors (Lipinski definition) is 3. The summed E-state index contributed by atoms with van der Waals surface area (Å²) in [6.45, 7) is -1.00. The smallest absolute Gasteiger partial charge is 0.324 e.